The van der Waals surface area contributed by atoms with Crippen LogP contribution in [0.25, 0.3) is 0 Å². The summed E-state index contributed by atoms with van der Waals surface area (Å²) in [6, 6.07) is 18.1. The van der Waals surface area contributed by atoms with Crippen LogP contribution in [-0.4, -0.2) is 82.7 Å². The van der Waals surface area contributed by atoms with Crippen molar-refractivity contribution in [2.75, 3.05) is 11.6 Å². The highest BCUT2D eigenvalue weighted by atomic mass is 35.5. The van der Waals surface area contributed by atoms with Crippen LogP contribution in [0.4, 0.5) is 0 Å². The number of benzene rings is 3. The molecule has 4 N–H and O–H groups in total. The highest BCUT2D eigenvalue weighted by Gasteiger charge is 2.50. The number of thioether (sulfide) groups is 1. The van der Waals surface area contributed by atoms with Crippen molar-refractivity contribution < 1.29 is 32.7 Å². The Bertz CT molecular complexity index is 1770. The smallest absolute Gasteiger partial charge is 0.254 e. The Balaban J connectivity index is 1.58. The van der Waals surface area contributed by atoms with Gasteiger partial charge in [0.15, 0.2) is 15.9 Å². The van der Waals surface area contributed by atoms with Crippen molar-refractivity contribution in [3.8, 4) is 0 Å². The summed E-state index contributed by atoms with van der Waals surface area (Å²) < 4.78 is 25.8. The van der Waals surface area contributed by atoms with E-state index in [1.807, 2.05) is 45.0 Å². The summed E-state index contributed by atoms with van der Waals surface area (Å²) in [7, 11) is -4.09. The molecule has 1 aliphatic rings. The van der Waals surface area contributed by atoms with Crippen LogP contribution in [0.1, 0.15) is 37.5 Å². The highest BCUT2D eigenvalue weighted by Crippen LogP contribution is 2.40. The molecule has 4 rings (SSSR count). The molecule has 0 aliphatic carbocycles. The fourth-order valence-corrected chi connectivity index (χ4v) is 8.30. The minimum Gasteiger partial charge on any atom is -0.381 e. The SMILES string of the molecule is CC(=O)N[C@H](CS(=O)(=O)c1ccc(Cl)cc1)C(=O)N[C@@H](Cc1ccccc1)[C@H](O)C(=O)N1CSC(C)(C)[C@H]1C(=O)NCc1ccccc1C. The van der Waals surface area contributed by atoms with Gasteiger partial charge in [0.2, 0.25) is 17.7 Å². The van der Waals surface area contributed by atoms with Crippen molar-refractivity contribution >= 4 is 56.8 Å². The molecule has 1 aliphatic heterocycles. The van der Waals surface area contributed by atoms with Crippen LogP contribution in [-0.2, 0) is 42.0 Å². The standard InChI is InChI=1S/C35H41ClN4O7S2/c1-22-10-8-9-13-25(22)19-37-33(44)31-35(3,4)48-21-40(31)34(45)30(42)28(18-24-11-6-5-7-12-24)39-32(43)29(38-23(2)41)20-49(46,47)27-16-14-26(36)15-17-27/h5-17,28-31,42H,18-21H2,1-4H3,(H,37,44)(H,38,41)(H,39,43)/t28-,29+,30-,31+/m0/s1. The van der Waals surface area contributed by atoms with E-state index in [1.54, 1.807) is 30.3 Å². The predicted octanol–water partition coefficient (Wildman–Crippen LogP) is 3.01. The lowest BCUT2D eigenvalue weighted by Crippen LogP contribution is -2.60. The van der Waals surface area contributed by atoms with E-state index in [9.17, 15) is 32.7 Å². The van der Waals surface area contributed by atoms with E-state index in [0.717, 1.165) is 18.1 Å². The first-order chi connectivity index (χ1) is 23.1. The van der Waals surface area contributed by atoms with Gasteiger partial charge >= 0.3 is 0 Å². The average molecular weight is 729 g/mol. The molecule has 4 amide bonds. The van der Waals surface area contributed by atoms with Crippen molar-refractivity contribution in [3.63, 3.8) is 0 Å². The number of hydrogen-bond acceptors (Lipinski definition) is 8. The number of rotatable bonds is 13. The minimum atomic E-state index is -4.09. The van der Waals surface area contributed by atoms with E-state index >= 15 is 0 Å². The number of aryl methyl sites for hydroxylation is 1. The second-order valence-corrected chi connectivity index (χ2v) is 16.5. The molecule has 0 spiro atoms. The molecule has 1 fully saturated rings. The maximum Gasteiger partial charge on any atom is 0.254 e. The number of aliphatic hydroxyl groups excluding tert-OH is 1. The summed E-state index contributed by atoms with van der Waals surface area (Å²) in [6.07, 6.45) is -1.83. The summed E-state index contributed by atoms with van der Waals surface area (Å²) >= 11 is 7.29. The predicted molar refractivity (Wildman–Crippen MR) is 189 cm³/mol. The maximum atomic E-state index is 14.0. The quantitative estimate of drug-likeness (QED) is 0.209. The zero-order valence-corrected chi connectivity index (χ0v) is 30.1. The Morgan fingerprint density at radius 2 is 1.61 bits per heavy atom. The van der Waals surface area contributed by atoms with Gasteiger partial charge in [0.25, 0.3) is 5.91 Å². The Labute approximate surface area is 296 Å². The second-order valence-electron chi connectivity index (χ2n) is 12.5. The van der Waals surface area contributed by atoms with Crippen LogP contribution in [0.15, 0.2) is 83.8 Å². The Kier molecular flexibility index (Phi) is 12.5. The monoisotopic (exact) mass is 728 g/mol. The number of hydrogen-bond donors (Lipinski definition) is 4. The molecule has 4 atom stereocenters. The van der Waals surface area contributed by atoms with Crippen LogP contribution in [0.5, 0.6) is 0 Å². The van der Waals surface area contributed by atoms with Gasteiger partial charge in [0.05, 0.1) is 22.6 Å². The second kappa shape index (κ2) is 16.2. The molecule has 14 heteroatoms. The Morgan fingerprint density at radius 3 is 2.24 bits per heavy atom. The Hall–Kier alpha value is -3.91. The number of aliphatic hydroxyl groups is 1. The number of nitrogens with zero attached hydrogens (tertiary/aromatic N) is 1. The molecule has 262 valence electrons. The molecule has 49 heavy (non-hydrogen) atoms. The van der Waals surface area contributed by atoms with Crippen molar-refractivity contribution in [3.05, 3.63) is 101 Å². The number of sulfone groups is 1. The van der Waals surface area contributed by atoms with E-state index in [1.165, 1.54) is 40.9 Å². The fourth-order valence-electron chi connectivity index (χ4n) is 5.62. The van der Waals surface area contributed by atoms with Crippen molar-refractivity contribution in [2.24, 2.45) is 0 Å². The van der Waals surface area contributed by atoms with Gasteiger partial charge in [-0.15, -0.1) is 11.8 Å². The van der Waals surface area contributed by atoms with Crippen LogP contribution >= 0.6 is 23.4 Å². The highest BCUT2D eigenvalue weighted by molar-refractivity contribution is 8.00. The van der Waals surface area contributed by atoms with Gasteiger partial charge < -0.3 is 26.0 Å². The normalized spacial score (nSPS) is 17.4. The van der Waals surface area contributed by atoms with E-state index in [0.29, 0.717) is 10.6 Å². The zero-order chi connectivity index (χ0) is 35.9. The third-order valence-corrected chi connectivity index (χ3v) is 11.7. The molecular formula is C35H41ClN4O7S2. The van der Waals surface area contributed by atoms with Crippen molar-refractivity contribution in [2.45, 2.75) is 74.5 Å². The lowest BCUT2D eigenvalue weighted by Gasteiger charge is -2.33. The first-order valence-electron chi connectivity index (χ1n) is 15.6. The molecular weight excluding hydrogens is 688 g/mol. The van der Waals surface area contributed by atoms with E-state index in [2.05, 4.69) is 16.0 Å². The molecule has 1 heterocycles. The summed E-state index contributed by atoms with van der Waals surface area (Å²) in [5.74, 6) is -3.41. The topological polar surface area (TPSA) is 162 Å². The number of amides is 4. The first kappa shape index (κ1) is 37.9. The molecule has 0 unspecified atom stereocenters. The summed E-state index contributed by atoms with van der Waals surface area (Å²) in [6.45, 7) is 7.03. The van der Waals surface area contributed by atoms with Gasteiger partial charge in [0.1, 0.15) is 12.1 Å². The molecule has 0 bridgehead atoms. The summed E-state index contributed by atoms with van der Waals surface area (Å²) in [5, 5.41) is 19.9. The summed E-state index contributed by atoms with van der Waals surface area (Å²) in [5.41, 5.74) is 2.60. The number of nitrogens with one attached hydrogen (secondary N) is 3. The molecule has 0 saturated carbocycles. The average Bonchev–Trinajstić information content (AvgIpc) is 3.37. The van der Waals surface area contributed by atoms with Crippen LogP contribution in [0.2, 0.25) is 5.02 Å². The van der Waals surface area contributed by atoms with E-state index in [-0.39, 0.29) is 29.6 Å². The molecule has 0 radical (unpaired) electrons. The summed E-state index contributed by atoms with van der Waals surface area (Å²) in [4.78, 5) is 54.6. The number of carbonyl (C=O) groups is 4. The molecule has 1 saturated heterocycles. The van der Waals surface area contributed by atoms with E-state index in [4.69, 9.17) is 11.6 Å². The molecule has 3 aromatic carbocycles. The lowest BCUT2D eigenvalue weighted by atomic mass is 9.97. The minimum absolute atomic E-state index is 0.00919. The largest absolute Gasteiger partial charge is 0.381 e. The first-order valence-corrected chi connectivity index (χ1v) is 18.6. The zero-order valence-electron chi connectivity index (χ0n) is 27.7. The number of carbonyl (C=O) groups excluding carboxylic acids is 4. The van der Waals surface area contributed by atoms with Crippen LogP contribution < -0.4 is 16.0 Å². The van der Waals surface area contributed by atoms with Gasteiger partial charge in [-0.3, -0.25) is 19.2 Å². The van der Waals surface area contributed by atoms with E-state index < -0.39 is 62.3 Å². The van der Waals surface area contributed by atoms with Crippen LogP contribution in [0.3, 0.4) is 0 Å². The third kappa shape index (κ3) is 9.84. The van der Waals surface area contributed by atoms with Gasteiger partial charge in [-0.2, -0.15) is 0 Å². The third-order valence-electron chi connectivity index (χ3n) is 8.30. The van der Waals surface area contributed by atoms with Gasteiger partial charge in [-0.1, -0.05) is 66.2 Å². The van der Waals surface area contributed by atoms with Gasteiger partial charge in [-0.25, -0.2) is 8.42 Å². The molecule has 0 aromatic heterocycles. The Morgan fingerprint density at radius 1 is 0.980 bits per heavy atom. The van der Waals surface area contributed by atoms with Crippen molar-refractivity contribution in [1.29, 1.82) is 0 Å². The molecule has 11 nitrogen and oxygen atoms in total. The van der Waals surface area contributed by atoms with Gasteiger partial charge in [-0.05, 0) is 68.1 Å². The van der Waals surface area contributed by atoms with Crippen LogP contribution in [0, 0.1) is 6.92 Å². The van der Waals surface area contributed by atoms with Gasteiger partial charge in [0, 0.05) is 23.2 Å². The van der Waals surface area contributed by atoms with Crippen molar-refractivity contribution in [1.82, 2.24) is 20.9 Å². The maximum absolute atomic E-state index is 14.0. The fraction of sp³-hybridized carbons (Fsp3) is 0.371. The molecule has 3 aromatic rings. The number of halogens is 1. The lowest BCUT2D eigenvalue weighted by molar-refractivity contribution is -0.148.